The fourth-order valence-electron chi connectivity index (χ4n) is 2.94. The van der Waals surface area contributed by atoms with Crippen LogP contribution in [-0.4, -0.2) is 72.7 Å². The van der Waals surface area contributed by atoms with Gasteiger partial charge in [-0.25, -0.2) is 14.8 Å². The standard InChI is InChI=1S/C16H24N6O3/c1-12-19-13(10-14(20-12)21-6-2-3-7-21)17-4-5-18-15(23)11-22-8-9-25-16(22)24/h10H,2-9,11H2,1H3,(H,18,23)(H,17,19,20). The number of aromatic nitrogens is 2. The average Bonchev–Trinajstić information content (AvgIpc) is 3.24. The summed E-state index contributed by atoms with van der Waals surface area (Å²) in [5.41, 5.74) is 0. The van der Waals surface area contributed by atoms with E-state index in [4.69, 9.17) is 4.74 Å². The average molecular weight is 348 g/mol. The van der Waals surface area contributed by atoms with Crippen LogP contribution in [0, 0.1) is 6.92 Å². The highest BCUT2D eigenvalue weighted by molar-refractivity contribution is 5.82. The van der Waals surface area contributed by atoms with Gasteiger partial charge in [-0.3, -0.25) is 9.69 Å². The van der Waals surface area contributed by atoms with Gasteiger partial charge >= 0.3 is 6.09 Å². The molecular formula is C16H24N6O3. The van der Waals surface area contributed by atoms with Gasteiger partial charge in [0.1, 0.15) is 30.6 Å². The molecule has 0 aromatic carbocycles. The predicted octanol–water partition coefficient (Wildman–Crippen LogP) is 0.366. The van der Waals surface area contributed by atoms with Crippen LogP contribution in [0.15, 0.2) is 6.07 Å². The number of amides is 2. The number of cyclic esters (lactones) is 1. The molecule has 0 unspecified atom stereocenters. The summed E-state index contributed by atoms with van der Waals surface area (Å²) in [5, 5.41) is 5.99. The van der Waals surface area contributed by atoms with Crippen molar-refractivity contribution in [2.75, 3.05) is 56.1 Å². The molecule has 2 saturated heterocycles. The topological polar surface area (TPSA) is 99.7 Å². The zero-order chi connectivity index (χ0) is 17.6. The first kappa shape index (κ1) is 17.2. The lowest BCUT2D eigenvalue weighted by atomic mass is 10.4. The second-order valence-corrected chi connectivity index (χ2v) is 6.17. The Hall–Kier alpha value is -2.58. The molecule has 0 bridgehead atoms. The Balaban J connectivity index is 1.42. The fourth-order valence-corrected chi connectivity index (χ4v) is 2.94. The van der Waals surface area contributed by atoms with Gasteiger partial charge in [-0.2, -0.15) is 0 Å². The Morgan fingerprint density at radius 1 is 1.24 bits per heavy atom. The van der Waals surface area contributed by atoms with Crippen molar-refractivity contribution in [1.82, 2.24) is 20.2 Å². The molecule has 1 aromatic heterocycles. The highest BCUT2D eigenvalue weighted by Gasteiger charge is 2.23. The number of nitrogens with one attached hydrogen (secondary N) is 2. The summed E-state index contributed by atoms with van der Waals surface area (Å²) in [6.45, 7) is 5.78. The number of nitrogens with zero attached hydrogens (tertiary/aromatic N) is 4. The number of carbonyl (C=O) groups excluding carboxylic acids is 2. The van der Waals surface area contributed by atoms with Gasteiger partial charge < -0.3 is 20.3 Å². The predicted molar refractivity (Wildman–Crippen MR) is 92.6 cm³/mol. The van der Waals surface area contributed by atoms with E-state index in [0.717, 1.165) is 30.5 Å². The number of rotatable bonds is 7. The number of aryl methyl sites for hydroxylation is 1. The lowest BCUT2D eigenvalue weighted by Crippen LogP contribution is -2.39. The van der Waals surface area contributed by atoms with Crippen molar-refractivity contribution in [3.63, 3.8) is 0 Å². The van der Waals surface area contributed by atoms with E-state index in [0.29, 0.717) is 26.2 Å². The van der Waals surface area contributed by atoms with Gasteiger partial charge in [0.05, 0.1) is 6.54 Å². The second kappa shape index (κ2) is 8.00. The van der Waals surface area contributed by atoms with Crippen molar-refractivity contribution in [3.05, 3.63) is 11.9 Å². The number of anilines is 2. The fraction of sp³-hybridized carbons (Fsp3) is 0.625. The van der Waals surface area contributed by atoms with Crippen molar-refractivity contribution in [2.24, 2.45) is 0 Å². The van der Waals surface area contributed by atoms with Gasteiger partial charge in [0, 0.05) is 32.2 Å². The molecule has 3 heterocycles. The van der Waals surface area contributed by atoms with Crippen LogP contribution in [0.5, 0.6) is 0 Å². The van der Waals surface area contributed by atoms with Crippen LogP contribution in [0.1, 0.15) is 18.7 Å². The van der Waals surface area contributed by atoms with Crippen LogP contribution in [-0.2, 0) is 9.53 Å². The molecule has 2 amide bonds. The SMILES string of the molecule is Cc1nc(NCCNC(=O)CN2CCOC2=O)cc(N2CCCC2)n1. The Kier molecular flexibility index (Phi) is 5.52. The van der Waals surface area contributed by atoms with Gasteiger partial charge in [0.25, 0.3) is 0 Å². The van der Waals surface area contributed by atoms with Crippen LogP contribution >= 0.6 is 0 Å². The second-order valence-electron chi connectivity index (χ2n) is 6.17. The largest absolute Gasteiger partial charge is 0.448 e. The first-order chi connectivity index (χ1) is 12.1. The van der Waals surface area contributed by atoms with Crippen molar-refractivity contribution in [1.29, 1.82) is 0 Å². The first-order valence-electron chi connectivity index (χ1n) is 8.65. The van der Waals surface area contributed by atoms with Crippen LogP contribution in [0.25, 0.3) is 0 Å². The summed E-state index contributed by atoms with van der Waals surface area (Å²) >= 11 is 0. The van der Waals surface area contributed by atoms with Crippen LogP contribution in [0.2, 0.25) is 0 Å². The van der Waals surface area contributed by atoms with Crippen LogP contribution in [0.4, 0.5) is 16.4 Å². The summed E-state index contributed by atoms with van der Waals surface area (Å²) < 4.78 is 4.79. The maximum absolute atomic E-state index is 11.8. The quantitative estimate of drug-likeness (QED) is 0.687. The smallest absolute Gasteiger partial charge is 0.410 e. The molecule has 0 aliphatic carbocycles. The molecule has 2 aliphatic heterocycles. The number of hydrogen-bond acceptors (Lipinski definition) is 7. The Morgan fingerprint density at radius 3 is 2.76 bits per heavy atom. The molecule has 9 nitrogen and oxygen atoms in total. The molecule has 2 aliphatic rings. The van der Waals surface area contributed by atoms with Gasteiger partial charge in [0.15, 0.2) is 0 Å². The molecule has 3 rings (SSSR count). The minimum absolute atomic E-state index is 0.0323. The van der Waals surface area contributed by atoms with Crippen molar-refractivity contribution < 1.29 is 14.3 Å². The summed E-state index contributed by atoms with van der Waals surface area (Å²) in [4.78, 5) is 35.6. The summed E-state index contributed by atoms with van der Waals surface area (Å²) in [6.07, 6.45) is 1.96. The zero-order valence-electron chi connectivity index (χ0n) is 14.5. The minimum Gasteiger partial charge on any atom is -0.448 e. The molecule has 0 spiro atoms. The third-order valence-corrected chi connectivity index (χ3v) is 4.19. The molecule has 1 aromatic rings. The van der Waals surface area contributed by atoms with E-state index < -0.39 is 6.09 Å². The Morgan fingerprint density at radius 2 is 2.04 bits per heavy atom. The lowest BCUT2D eigenvalue weighted by Gasteiger charge is -2.18. The van der Waals surface area contributed by atoms with Crippen molar-refractivity contribution >= 4 is 23.6 Å². The van der Waals surface area contributed by atoms with Crippen LogP contribution in [0.3, 0.4) is 0 Å². The van der Waals surface area contributed by atoms with E-state index in [9.17, 15) is 9.59 Å². The maximum Gasteiger partial charge on any atom is 0.410 e. The number of ether oxygens (including phenoxy) is 1. The van der Waals surface area contributed by atoms with E-state index in [2.05, 4.69) is 25.5 Å². The highest BCUT2D eigenvalue weighted by Crippen LogP contribution is 2.20. The third kappa shape index (κ3) is 4.71. The number of carbonyl (C=O) groups is 2. The van der Waals surface area contributed by atoms with Crippen LogP contribution < -0.4 is 15.5 Å². The van der Waals surface area contributed by atoms with Crippen molar-refractivity contribution in [2.45, 2.75) is 19.8 Å². The molecule has 0 atom stereocenters. The minimum atomic E-state index is -0.431. The summed E-state index contributed by atoms with van der Waals surface area (Å²) in [7, 11) is 0. The monoisotopic (exact) mass is 348 g/mol. The van der Waals surface area contributed by atoms with E-state index in [1.165, 1.54) is 17.7 Å². The maximum atomic E-state index is 11.8. The Bertz CT molecular complexity index is 632. The molecule has 25 heavy (non-hydrogen) atoms. The molecule has 2 fully saturated rings. The van der Waals surface area contributed by atoms with Gasteiger partial charge in [0.2, 0.25) is 5.91 Å². The normalized spacial score (nSPS) is 16.9. The van der Waals surface area contributed by atoms with E-state index in [-0.39, 0.29) is 12.5 Å². The van der Waals surface area contributed by atoms with E-state index in [1.54, 1.807) is 0 Å². The molecule has 136 valence electrons. The van der Waals surface area contributed by atoms with Gasteiger partial charge in [-0.1, -0.05) is 0 Å². The van der Waals surface area contributed by atoms with Gasteiger partial charge in [-0.15, -0.1) is 0 Å². The third-order valence-electron chi connectivity index (χ3n) is 4.19. The molecule has 9 heteroatoms. The van der Waals surface area contributed by atoms with E-state index in [1.807, 2.05) is 13.0 Å². The van der Waals surface area contributed by atoms with E-state index >= 15 is 0 Å². The molecule has 0 saturated carbocycles. The molecule has 0 radical (unpaired) electrons. The summed E-state index contributed by atoms with van der Waals surface area (Å²) in [5.74, 6) is 2.23. The molecular weight excluding hydrogens is 324 g/mol. The first-order valence-corrected chi connectivity index (χ1v) is 8.65. The lowest BCUT2D eigenvalue weighted by molar-refractivity contribution is -0.121. The summed E-state index contributed by atoms with van der Waals surface area (Å²) in [6, 6.07) is 1.94. The van der Waals surface area contributed by atoms with Gasteiger partial charge in [-0.05, 0) is 19.8 Å². The zero-order valence-corrected chi connectivity index (χ0v) is 14.5. The molecule has 2 N–H and O–H groups in total. The number of hydrogen-bond donors (Lipinski definition) is 2. The Labute approximate surface area is 146 Å². The highest BCUT2D eigenvalue weighted by atomic mass is 16.6. The van der Waals surface area contributed by atoms with Crippen molar-refractivity contribution in [3.8, 4) is 0 Å².